The van der Waals surface area contributed by atoms with Crippen LogP contribution in [-0.2, 0) is 0 Å². The maximum atomic E-state index is 10.5. The van der Waals surface area contributed by atoms with E-state index in [4.69, 9.17) is 10.5 Å². The molecule has 1 atom stereocenters. The van der Waals surface area contributed by atoms with Crippen LogP contribution < -0.4 is 10.5 Å². The number of nitrogen functional groups attached to an aromatic ring is 1. The summed E-state index contributed by atoms with van der Waals surface area (Å²) in [6.45, 7) is 4.23. The molecule has 0 amide bonds. The molecule has 0 spiro atoms. The van der Waals surface area contributed by atoms with Crippen LogP contribution in [0, 0.1) is 0 Å². The number of aromatic nitrogens is 3. The lowest BCUT2D eigenvalue weighted by atomic mass is 10.1. The Labute approximate surface area is 195 Å². The van der Waals surface area contributed by atoms with Crippen LogP contribution in [-0.4, -0.2) is 19.6 Å². The summed E-state index contributed by atoms with van der Waals surface area (Å²) < 4.78 is 8.13. The lowest BCUT2D eigenvalue weighted by Crippen LogP contribution is -2.00. The molecule has 0 aliphatic rings. The summed E-state index contributed by atoms with van der Waals surface area (Å²) in [5.74, 6) is 1.90. The summed E-state index contributed by atoms with van der Waals surface area (Å²) in [6.07, 6.45) is 2.96. The van der Waals surface area contributed by atoms with Gasteiger partial charge in [0.25, 0.3) is 0 Å². The fraction of sp³-hybridized carbons (Fsp3) is 0.154. The number of hydrogen-bond acceptors (Lipinski definition) is 6. The van der Waals surface area contributed by atoms with E-state index in [1.165, 1.54) is 17.7 Å². The average molecular weight is 457 g/mol. The van der Waals surface area contributed by atoms with E-state index >= 15 is 0 Å². The second-order valence-corrected chi connectivity index (χ2v) is 9.09. The van der Waals surface area contributed by atoms with Crippen molar-refractivity contribution in [3.63, 3.8) is 0 Å². The number of ether oxygens (including phenoxy) is 1. The largest absolute Gasteiger partial charge is 0.457 e. The van der Waals surface area contributed by atoms with Crippen molar-refractivity contribution in [1.82, 2.24) is 14.5 Å². The van der Waals surface area contributed by atoms with Crippen molar-refractivity contribution in [1.29, 1.82) is 0 Å². The number of anilines is 1. The van der Waals surface area contributed by atoms with Gasteiger partial charge in [0, 0.05) is 22.7 Å². The average Bonchev–Trinajstić information content (AvgIpc) is 3.49. The number of nitrogens with two attached hydrogens (primary N) is 1. The molecule has 166 valence electrons. The minimum absolute atomic E-state index is 0.250. The molecule has 3 aromatic heterocycles. The normalized spacial score (nSPS) is 12.4. The van der Waals surface area contributed by atoms with Crippen molar-refractivity contribution in [2.24, 2.45) is 0 Å². The fourth-order valence-electron chi connectivity index (χ4n) is 3.89. The first-order valence-corrected chi connectivity index (χ1v) is 11.6. The van der Waals surface area contributed by atoms with Gasteiger partial charge in [-0.2, -0.15) is 0 Å². The van der Waals surface area contributed by atoms with Gasteiger partial charge in [-0.3, -0.25) is 0 Å². The standard InChI is InChI=1S/C26H24N4O2S/c1-16(2)30-14-21(23-25(27)28-15-29-26(23)30)17-5-9-19(10-6-17)32-20-11-7-18(8-12-20)24(31)22-4-3-13-33-22/h3-16,24,31H,1-2H3,(H2,27,28,29). The molecule has 7 heteroatoms. The smallest absolute Gasteiger partial charge is 0.146 e. The molecule has 2 aromatic carbocycles. The van der Waals surface area contributed by atoms with E-state index in [9.17, 15) is 5.11 Å². The molecule has 5 aromatic rings. The fourth-order valence-corrected chi connectivity index (χ4v) is 4.63. The third kappa shape index (κ3) is 4.08. The molecule has 0 fully saturated rings. The number of benzene rings is 2. The number of aliphatic hydroxyl groups is 1. The predicted molar refractivity (Wildman–Crippen MR) is 133 cm³/mol. The van der Waals surface area contributed by atoms with Crippen molar-refractivity contribution in [2.45, 2.75) is 26.0 Å². The van der Waals surface area contributed by atoms with Crippen LogP contribution in [0.2, 0.25) is 0 Å². The summed E-state index contributed by atoms with van der Waals surface area (Å²) in [6, 6.07) is 19.5. The molecule has 33 heavy (non-hydrogen) atoms. The first-order valence-electron chi connectivity index (χ1n) is 10.7. The zero-order chi connectivity index (χ0) is 22.9. The molecule has 0 bridgehead atoms. The lowest BCUT2D eigenvalue weighted by Gasteiger charge is -2.11. The highest BCUT2D eigenvalue weighted by Gasteiger charge is 2.16. The van der Waals surface area contributed by atoms with Crippen molar-refractivity contribution < 1.29 is 9.84 Å². The number of fused-ring (bicyclic) bond motifs is 1. The van der Waals surface area contributed by atoms with Crippen LogP contribution in [0.5, 0.6) is 11.5 Å². The first kappa shape index (κ1) is 21.2. The highest BCUT2D eigenvalue weighted by Crippen LogP contribution is 2.35. The Kier molecular flexibility index (Phi) is 5.58. The van der Waals surface area contributed by atoms with Gasteiger partial charge in [0.2, 0.25) is 0 Å². The zero-order valence-electron chi connectivity index (χ0n) is 18.3. The topological polar surface area (TPSA) is 86.2 Å². The van der Waals surface area contributed by atoms with E-state index in [1.807, 2.05) is 66.0 Å². The Morgan fingerprint density at radius 2 is 1.67 bits per heavy atom. The number of hydrogen-bond donors (Lipinski definition) is 2. The van der Waals surface area contributed by atoms with Gasteiger partial charge in [0.15, 0.2) is 0 Å². The molecule has 1 unspecified atom stereocenters. The Balaban J connectivity index is 1.38. The highest BCUT2D eigenvalue weighted by molar-refractivity contribution is 7.10. The number of nitrogens with zero attached hydrogens (tertiary/aromatic N) is 3. The van der Waals surface area contributed by atoms with Gasteiger partial charge in [-0.05, 0) is 60.7 Å². The first-order chi connectivity index (χ1) is 16.0. The Morgan fingerprint density at radius 1 is 0.970 bits per heavy atom. The summed E-state index contributed by atoms with van der Waals surface area (Å²) in [5, 5.41) is 13.3. The summed E-state index contributed by atoms with van der Waals surface area (Å²) in [7, 11) is 0. The van der Waals surface area contributed by atoms with Gasteiger partial charge in [-0.15, -0.1) is 11.3 Å². The van der Waals surface area contributed by atoms with Crippen molar-refractivity contribution >= 4 is 28.2 Å². The van der Waals surface area contributed by atoms with Crippen LogP contribution in [0.15, 0.2) is 78.6 Å². The summed E-state index contributed by atoms with van der Waals surface area (Å²) in [4.78, 5) is 9.56. The molecule has 5 rings (SSSR count). The van der Waals surface area contributed by atoms with Crippen LogP contribution in [0.3, 0.4) is 0 Å². The van der Waals surface area contributed by atoms with Crippen LogP contribution >= 0.6 is 11.3 Å². The molecule has 0 saturated carbocycles. The zero-order valence-corrected chi connectivity index (χ0v) is 19.2. The molecule has 0 aliphatic heterocycles. The van der Waals surface area contributed by atoms with Crippen LogP contribution in [0.4, 0.5) is 5.82 Å². The van der Waals surface area contributed by atoms with E-state index in [1.54, 1.807) is 0 Å². The number of thiophene rings is 1. The van der Waals surface area contributed by atoms with Gasteiger partial charge >= 0.3 is 0 Å². The lowest BCUT2D eigenvalue weighted by molar-refractivity contribution is 0.224. The van der Waals surface area contributed by atoms with Gasteiger partial charge in [0.1, 0.15) is 35.4 Å². The van der Waals surface area contributed by atoms with Gasteiger partial charge < -0.3 is 20.1 Å². The minimum atomic E-state index is -0.622. The minimum Gasteiger partial charge on any atom is -0.457 e. The van der Waals surface area contributed by atoms with Crippen molar-refractivity contribution in [2.75, 3.05) is 5.73 Å². The molecular formula is C26H24N4O2S. The Morgan fingerprint density at radius 3 is 2.30 bits per heavy atom. The van der Waals surface area contributed by atoms with E-state index in [0.717, 1.165) is 38.4 Å². The van der Waals surface area contributed by atoms with Gasteiger partial charge in [-0.1, -0.05) is 30.3 Å². The molecule has 0 aliphatic carbocycles. The monoisotopic (exact) mass is 456 g/mol. The molecule has 0 saturated heterocycles. The number of aliphatic hydroxyl groups excluding tert-OH is 1. The van der Waals surface area contributed by atoms with E-state index in [2.05, 4.69) is 34.6 Å². The predicted octanol–water partition coefficient (Wildman–Crippen LogP) is 6.20. The third-order valence-corrected chi connectivity index (χ3v) is 6.53. The second kappa shape index (κ2) is 8.69. The third-order valence-electron chi connectivity index (χ3n) is 5.60. The molecule has 3 heterocycles. The van der Waals surface area contributed by atoms with E-state index in [0.29, 0.717) is 11.6 Å². The van der Waals surface area contributed by atoms with E-state index in [-0.39, 0.29) is 6.04 Å². The van der Waals surface area contributed by atoms with Gasteiger partial charge in [0.05, 0.1) is 5.39 Å². The Hall–Kier alpha value is -3.68. The van der Waals surface area contributed by atoms with Crippen molar-refractivity contribution in [3.05, 3.63) is 89.0 Å². The van der Waals surface area contributed by atoms with Crippen LogP contribution in [0.25, 0.3) is 22.2 Å². The highest BCUT2D eigenvalue weighted by atomic mass is 32.1. The number of rotatable bonds is 6. The summed E-state index contributed by atoms with van der Waals surface area (Å²) >= 11 is 1.54. The van der Waals surface area contributed by atoms with Gasteiger partial charge in [-0.25, -0.2) is 9.97 Å². The quantitative estimate of drug-likeness (QED) is 0.318. The van der Waals surface area contributed by atoms with Crippen LogP contribution in [0.1, 0.15) is 36.4 Å². The maximum absolute atomic E-state index is 10.5. The molecule has 0 radical (unpaired) electrons. The molecule has 3 N–H and O–H groups in total. The molecule has 6 nitrogen and oxygen atoms in total. The second-order valence-electron chi connectivity index (χ2n) is 8.11. The van der Waals surface area contributed by atoms with E-state index < -0.39 is 6.10 Å². The molecular weight excluding hydrogens is 432 g/mol. The van der Waals surface area contributed by atoms with Crippen molar-refractivity contribution in [3.8, 4) is 22.6 Å². The SMILES string of the molecule is CC(C)n1cc(-c2ccc(Oc3ccc(C(O)c4cccs4)cc3)cc2)c2c(N)ncnc21. The maximum Gasteiger partial charge on any atom is 0.146 e. The Bertz CT molecular complexity index is 1370. The summed E-state index contributed by atoms with van der Waals surface area (Å²) in [5.41, 5.74) is 9.88.